The fraction of sp³-hybridized carbons (Fsp3) is 0.385. The van der Waals surface area contributed by atoms with Crippen LogP contribution in [-0.4, -0.2) is 22.5 Å². The number of aromatic nitrogens is 1. The number of pyridine rings is 1. The monoisotopic (exact) mass is 262 g/mol. The molecule has 1 saturated carbocycles. The molecule has 6 nitrogen and oxygen atoms in total. The molecule has 2 rings (SSSR count). The minimum absolute atomic E-state index is 0.266. The van der Waals surface area contributed by atoms with Crippen LogP contribution in [-0.2, 0) is 14.9 Å². The molecule has 6 heteroatoms. The van der Waals surface area contributed by atoms with Crippen LogP contribution in [0.1, 0.15) is 31.2 Å². The maximum atomic E-state index is 11.9. The lowest BCUT2D eigenvalue weighted by Crippen LogP contribution is -2.24. The third-order valence-electron chi connectivity index (χ3n) is 3.04. The second-order valence-electron chi connectivity index (χ2n) is 4.35. The molecule has 100 valence electrons. The van der Waals surface area contributed by atoms with Gasteiger partial charge in [0.25, 0.3) is 0 Å². The first-order chi connectivity index (χ1) is 9.08. The standard InChI is InChI=1S/C13H14N2O4/c1-2-19-12(16)13(7-8-13)11-5-3-4-10(14-11)6-9-15(17)18/h3-6,9H,2,7-8H2,1H3/b9-6+. The molecular formula is C13H14N2O4. The van der Waals surface area contributed by atoms with E-state index >= 15 is 0 Å². The van der Waals surface area contributed by atoms with Gasteiger partial charge in [-0.15, -0.1) is 0 Å². The number of rotatable bonds is 5. The Labute approximate surface area is 110 Å². The molecule has 1 aliphatic carbocycles. The van der Waals surface area contributed by atoms with Crippen LogP contribution in [0.15, 0.2) is 24.4 Å². The Morgan fingerprint density at radius 1 is 1.58 bits per heavy atom. The van der Waals surface area contributed by atoms with Crippen LogP contribution in [0.3, 0.4) is 0 Å². The Bertz CT molecular complexity index is 535. The van der Waals surface area contributed by atoms with Crippen molar-refractivity contribution in [3.05, 3.63) is 45.9 Å². The minimum atomic E-state index is -0.644. The first kappa shape index (κ1) is 13.2. The highest BCUT2D eigenvalue weighted by atomic mass is 16.6. The van der Waals surface area contributed by atoms with Gasteiger partial charge in [-0.05, 0) is 31.9 Å². The molecule has 0 aliphatic heterocycles. The highest BCUT2D eigenvalue weighted by Crippen LogP contribution is 2.48. The van der Waals surface area contributed by atoms with Crippen molar-refractivity contribution in [2.75, 3.05) is 6.61 Å². The molecule has 0 bridgehead atoms. The number of esters is 1. The van der Waals surface area contributed by atoms with Gasteiger partial charge in [-0.1, -0.05) is 6.07 Å². The van der Waals surface area contributed by atoms with Gasteiger partial charge in [0.2, 0.25) is 6.20 Å². The normalized spacial score (nSPS) is 16.3. The van der Waals surface area contributed by atoms with E-state index in [1.165, 1.54) is 6.08 Å². The van der Waals surface area contributed by atoms with Crippen molar-refractivity contribution in [3.63, 3.8) is 0 Å². The summed E-state index contributed by atoms with van der Waals surface area (Å²) in [6, 6.07) is 5.15. The average Bonchev–Trinajstić information content (AvgIpc) is 3.18. The van der Waals surface area contributed by atoms with Crippen LogP contribution in [0.4, 0.5) is 0 Å². The van der Waals surface area contributed by atoms with E-state index in [1.54, 1.807) is 25.1 Å². The van der Waals surface area contributed by atoms with Crippen LogP contribution >= 0.6 is 0 Å². The molecular weight excluding hydrogens is 248 g/mol. The molecule has 1 heterocycles. The van der Waals surface area contributed by atoms with E-state index in [0.717, 1.165) is 6.20 Å². The molecule has 1 aromatic heterocycles. The van der Waals surface area contributed by atoms with E-state index in [2.05, 4.69) is 4.98 Å². The Morgan fingerprint density at radius 2 is 2.32 bits per heavy atom. The number of carbonyl (C=O) groups is 1. The van der Waals surface area contributed by atoms with Crippen LogP contribution in [0, 0.1) is 10.1 Å². The Balaban J connectivity index is 2.24. The molecule has 0 aromatic carbocycles. The maximum absolute atomic E-state index is 11.9. The summed E-state index contributed by atoms with van der Waals surface area (Å²) in [7, 11) is 0. The summed E-state index contributed by atoms with van der Waals surface area (Å²) in [5.41, 5.74) is 0.440. The zero-order valence-corrected chi connectivity index (χ0v) is 10.5. The average molecular weight is 262 g/mol. The smallest absolute Gasteiger partial charge is 0.318 e. The second-order valence-corrected chi connectivity index (χ2v) is 4.35. The third-order valence-corrected chi connectivity index (χ3v) is 3.04. The SMILES string of the molecule is CCOC(=O)C1(c2cccc(/C=C/[N+](=O)[O-])n2)CC1. The van der Waals surface area contributed by atoms with E-state index in [0.29, 0.717) is 30.8 Å². The second kappa shape index (κ2) is 5.17. The summed E-state index contributed by atoms with van der Waals surface area (Å²) in [5, 5.41) is 10.3. The summed E-state index contributed by atoms with van der Waals surface area (Å²) in [6.07, 6.45) is 3.56. The van der Waals surface area contributed by atoms with Crippen LogP contribution in [0.25, 0.3) is 6.08 Å². The molecule has 0 radical (unpaired) electrons. The highest BCUT2D eigenvalue weighted by molar-refractivity contribution is 5.86. The molecule has 1 fully saturated rings. The van der Waals surface area contributed by atoms with Crippen LogP contribution in [0.5, 0.6) is 0 Å². The molecule has 0 unspecified atom stereocenters. The fourth-order valence-corrected chi connectivity index (χ4v) is 1.91. The first-order valence-electron chi connectivity index (χ1n) is 6.05. The zero-order valence-electron chi connectivity index (χ0n) is 10.5. The third kappa shape index (κ3) is 2.78. The van der Waals surface area contributed by atoms with Crippen molar-refractivity contribution in [1.29, 1.82) is 0 Å². The van der Waals surface area contributed by atoms with Crippen molar-refractivity contribution in [2.24, 2.45) is 0 Å². The Kier molecular flexibility index (Phi) is 3.59. The van der Waals surface area contributed by atoms with E-state index in [1.807, 2.05) is 0 Å². The largest absolute Gasteiger partial charge is 0.465 e. The fourth-order valence-electron chi connectivity index (χ4n) is 1.91. The first-order valence-corrected chi connectivity index (χ1v) is 6.05. The van der Waals surface area contributed by atoms with Gasteiger partial charge in [0.15, 0.2) is 0 Å². The van der Waals surface area contributed by atoms with Gasteiger partial charge in [0, 0.05) is 6.08 Å². The van der Waals surface area contributed by atoms with Gasteiger partial charge >= 0.3 is 5.97 Å². The highest BCUT2D eigenvalue weighted by Gasteiger charge is 2.54. The maximum Gasteiger partial charge on any atom is 0.318 e. The predicted molar refractivity (Wildman–Crippen MR) is 67.8 cm³/mol. The zero-order chi connectivity index (χ0) is 13.9. The number of nitro groups is 1. The lowest BCUT2D eigenvalue weighted by Gasteiger charge is -2.13. The van der Waals surface area contributed by atoms with Crippen molar-refractivity contribution in [3.8, 4) is 0 Å². The van der Waals surface area contributed by atoms with E-state index in [4.69, 9.17) is 4.74 Å². The van der Waals surface area contributed by atoms with E-state index in [9.17, 15) is 14.9 Å². The van der Waals surface area contributed by atoms with Crippen LogP contribution < -0.4 is 0 Å². The molecule has 0 N–H and O–H groups in total. The summed E-state index contributed by atoms with van der Waals surface area (Å²) >= 11 is 0. The van der Waals surface area contributed by atoms with Crippen molar-refractivity contribution >= 4 is 12.0 Å². The Hall–Kier alpha value is -2.24. The van der Waals surface area contributed by atoms with Gasteiger partial charge in [0.1, 0.15) is 5.41 Å². The summed E-state index contributed by atoms with van der Waals surface area (Å²) in [5.74, 6) is -0.266. The van der Waals surface area contributed by atoms with Gasteiger partial charge in [0.05, 0.1) is 22.9 Å². The van der Waals surface area contributed by atoms with Gasteiger partial charge in [-0.2, -0.15) is 0 Å². The molecule has 1 aromatic rings. The number of carbonyl (C=O) groups excluding carboxylic acids is 1. The number of hydrogen-bond acceptors (Lipinski definition) is 5. The Morgan fingerprint density at radius 3 is 2.89 bits per heavy atom. The minimum Gasteiger partial charge on any atom is -0.465 e. The molecule has 1 aliphatic rings. The lowest BCUT2D eigenvalue weighted by molar-refractivity contribution is -0.401. The molecule has 0 amide bonds. The summed E-state index contributed by atoms with van der Waals surface area (Å²) < 4.78 is 5.06. The van der Waals surface area contributed by atoms with Gasteiger partial charge in [-0.25, -0.2) is 0 Å². The quantitative estimate of drug-likeness (QED) is 0.460. The number of nitrogens with zero attached hydrogens (tertiary/aromatic N) is 2. The van der Waals surface area contributed by atoms with E-state index in [-0.39, 0.29) is 5.97 Å². The van der Waals surface area contributed by atoms with Crippen molar-refractivity contribution in [2.45, 2.75) is 25.2 Å². The number of hydrogen-bond donors (Lipinski definition) is 0. The lowest BCUT2D eigenvalue weighted by atomic mass is 10.0. The van der Waals surface area contributed by atoms with Gasteiger partial charge in [-0.3, -0.25) is 19.9 Å². The predicted octanol–water partition coefficient (Wildman–Crippen LogP) is 1.92. The van der Waals surface area contributed by atoms with Gasteiger partial charge < -0.3 is 4.74 Å². The topological polar surface area (TPSA) is 82.3 Å². The van der Waals surface area contributed by atoms with Crippen LogP contribution in [0.2, 0.25) is 0 Å². The summed E-state index contributed by atoms with van der Waals surface area (Å²) in [4.78, 5) is 25.9. The molecule has 0 atom stereocenters. The van der Waals surface area contributed by atoms with Crippen molar-refractivity contribution in [1.82, 2.24) is 4.98 Å². The van der Waals surface area contributed by atoms with Crippen molar-refractivity contribution < 1.29 is 14.5 Å². The molecule has 19 heavy (non-hydrogen) atoms. The molecule has 0 spiro atoms. The summed E-state index contributed by atoms with van der Waals surface area (Å²) in [6.45, 7) is 2.10. The molecule has 0 saturated heterocycles. The number of ether oxygens (including phenoxy) is 1. The van der Waals surface area contributed by atoms with E-state index < -0.39 is 10.3 Å².